The zero-order valence-corrected chi connectivity index (χ0v) is 11.6. The fourth-order valence-electron chi connectivity index (χ4n) is 1.89. The summed E-state index contributed by atoms with van der Waals surface area (Å²) in [7, 11) is 0. The molecule has 6 heteroatoms. The summed E-state index contributed by atoms with van der Waals surface area (Å²) < 4.78 is 5.42. The second kappa shape index (κ2) is 5.89. The molecule has 0 saturated carbocycles. The number of hydrogen-bond acceptors (Lipinski definition) is 5. The van der Waals surface area contributed by atoms with Gasteiger partial charge >= 0.3 is 0 Å². The maximum Gasteiger partial charge on any atom is 0.224 e. The average Bonchev–Trinajstić information content (AvgIpc) is 2.29. The fourth-order valence-corrected chi connectivity index (χ4v) is 2.53. The molecule has 1 aromatic rings. The normalized spacial score (nSPS) is 20.6. The highest BCUT2D eigenvalue weighted by Gasteiger charge is 2.21. The number of rotatable bonds is 3. The number of ether oxygens (including phenoxy) is 1. The molecule has 1 aromatic heterocycles. The Balaban J connectivity index is 2.24. The zero-order valence-electron chi connectivity index (χ0n) is 10.0. The van der Waals surface area contributed by atoms with Gasteiger partial charge in [-0.2, -0.15) is 11.8 Å². The number of halogens is 1. The maximum atomic E-state index is 5.96. The van der Waals surface area contributed by atoms with Crippen LogP contribution in [0.3, 0.4) is 0 Å². The van der Waals surface area contributed by atoms with Gasteiger partial charge in [-0.15, -0.1) is 0 Å². The standard InChI is InChI=1S/C11H16ClN3OS/c1-8-6-16-4-3-15(8)10-5-9(7-17-2)13-11(12)14-10/h5,8H,3-4,6-7H2,1-2H3/t8-/m1/s1. The minimum atomic E-state index is 0.324. The summed E-state index contributed by atoms with van der Waals surface area (Å²) in [6.07, 6.45) is 2.05. The number of anilines is 1. The van der Waals surface area contributed by atoms with Gasteiger partial charge in [-0.3, -0.25) is 0 Å². The smallest absolute Gasteiger partial charge is 0.224 e. The molecular weight excluding hydrogens is 258 g/mol. The van der Waals surface area contributed by atoms with E-state index in [-0.39, 0.29) is 0 Å². The molecule has 1 aliphatic rings. The Morgan fingerprint density at radius 3 is 3.12 bits per heavy atom. The molecular formula is C11H16ClN3OS. The summed E-state index contributed by atoms with van der Waals surface area (Å²) in [6, 6.07) is 2.35. The molecule has 0 bridgehead atoms. The van der Waals surface area contributed by atoms with Gasteiger partial charge < -0.3 is 9.64 Å². The van der Waals surface area contributed by atoms with Crippen molar-refractivity contribution in [3.05, 3.63) is 17.0 Å². The van der Waals surface area contributed by atoms with Gasteiger partial charge in [0.15, 0.2) is 0 Å². The van der Waals surface area contributed by atoms with Crippen LogP contribution in [0.15, 0.2) is 6.07 Å². The highest BCUT2D eigenvalue weighted by Crippen LogP contribution is 2.21. The van der Waals surface area contributed by atoms with E-state index < -0.39 is 0 Å². The first-order chi connectivity index (χ1) is 8.20. The number of aromatic nitrogens is 2. The van der Waals surface area contributed by atoms with Crippen LogP contribution < -0.4 is 4.90 Å². The van der Waals surface area contributed by atoms with Crippen molar-refractivity contribution in [1.82, 2.24) is 9.97 Å². The molecule has 0 radical (unpaired) electrons. The van der Waals surface area contributed by atoms with Crippen LogP contribution >= 0.6 is 23.4 Å². The largest absolute Gasteiger partial charge is 0.377 e. The molecule has 1 aliphatic heterocycles. The Bertz CT molecular complexity index is 391. The number of nitrogens with zero attached hydrogens (tertiary/aromatic N) is 3. The molecule has 1 atom stereocenters. The molecule has 1 fully saturated rings. The Hall–Kier alpha value is -0.520. The third-order valence-corrected chi connectivity index (χ3v) is 3.45. The van der Waals surface area contributed by atoms with Gasteiger partial charge in [-0.05, 0) is 24.8 Å². The molecule has 0 N–H and O–H groups in total. The minimum absolute atomic E-state index is 0.324. The van der Waals surface area contributed by atoms with E-state index in [1.165, 1.54) is 0 Å². The van der Waals surface area contributed by atoms with Gasteiger partial charge in [-0.1, -0.05) is 0 Å². The van der Waals surface area contributed by atoms with Gasteiger partial charge in [0.05, 0.1) is 24.9 Å². The summed E-state index contributed by atoms with van der Waals surface area (Å²) in [5.41, 5.74) is 0.978. The van der Waals surface area contributed by atoms with Crippen molar-refractivity contribution < 1.29 is 4.74 Å². The van der Waals surface area contributed by atoms with E-state index in [1.807, 2.05) is 12.3 Å². The van der Waals surface area contributed by atoms with E-state index in [1.54, 1.807) is 11.8 Å². The first-order valence-electron chi connectivity index (χ1n) is 5.57. The van der Waals surface area contributed by atoms with Crippen molar-refractivity contribution in [2.24, 2.45) is 0 Å². The molecule has 2 heterocycles. The number of morpholine rings is 1. The van der Waals surface area contributed by atoms with Crippen molar-refractivity contribution in [3.63, 3.8) is 0 Å². The maximum absolute atomic E-state index is 5.96. The van der Waals surface area contributed by atoms with E-state index >= 15 is 0 Å². The molecule has 4 nitrogen and oxygen atoms in total. The monoisotopic (exact) mass is 273 g/mol. The van der Waals surface area contributed by atoms with Crippen molar-refractivity contribution in [3.8, 4) is 0 Å². The lowest BCUT2D eigenvalue weighted by atomic mass is 10.2. The highest BCUT2D eigenvalue weighted by molar-refractivity contribution is 7.97. The lowest BCUT2D eigenvalue weighted by Crippen LogP contribution is -2.44. The molecule has 94 valence electrons. The zero-order chi connectivity index (χ0) is 12.3. The second-order valence-corrected chi connectivity index (χ2v) is 5.24. The van der Waals surface area contributed by atoms with Crippen molar-refractivity contribution in [2.75, 3.05) is 30.9 Å². The van der Waals surface area contributed by atoms with Crippen LogP contribution in [0.25, 0.3) is 0 Å². The predicted octanol–water partition coefficient (Wildman–Crippen LogP) is 2.22. The summed E-state index contributed by atoms with van der Waals surface area (Å²) in [5.74, 6) is 1.76. The summed E-state index contributed by atoms with van der Waals surface area (Å²) in [6.45, 7) is 4.46. The Morgan fingerprint density at radius 2 is 2.41 bits per heavy atom. The quantitative estimate of drug-likeness (QED) is 0.790. The summed E-state index contributed by atoms with van der Waals surface area (Å²) in [5, 5.41) is 0.324. The lowest BCUT2D eigenvalue weighted by molar-refractivity contribution is 0.0985. The van der Waals surface area contributed by atoms with E-state index in [0.29, 0.717) is 11.3 Å². The van der Waals surface area contributed by atoms with Gasteiger partial charge in [0.2, 0.25) is 5.28 Å². The average molecular weight is 274 g/mol. The van der Waals surface area contributed by atoms with Crippen molar-refractivity contribution in [1.29, 1.82) is 0 Å². The number of thioether (sulfide) groups is 1. The molecule has 1 saturated heterocycles. The molecule has 0 amide bonds. The van der Waals surface area contributed by atoms with Crippen molar-refractivity contribution >= 4 is 29.2 Å². The van der Waals surface area contributed by atoms with Gasteiger partial charge in [0, 0.05) is 18.4 Å². The molecule has 0 spiro atoms. The van der Waals surface area contributed by atoms with E-state index in [9.17, 15) is 0 Å². The molecule has 0 unspecified atom stereocenters. The Kier molecular flexibility index (Phi) is 4.48. The predicted molar refractivity (Wildman–Crippen MR) is 71.9 cm³/mol. The van der Waals surface area contributed by atoms with Crippen LogP contribution in [-0.4, -0.2) is 42.0 Å². The third-order valence-electron chi connectivity index (χ3n) is 2.69. The molecule has 17 heavy (non-hydrogen) atoms. The Morgan fingerprint density at radius 1 is 1.59 bits per heavy atom. The van der Waals surface area contributed by atoms with Gasteiger partial charge in [-0.25, -0.2) is 9.97 Å². The van der Waals surface area contributed by atoms with Crippen molar-refractivity contribution in [2.45, 2.75) is 18.7 Å². The SMILES string of the molecule is CSCc1cc(N2CCOC[C@H]2C)nc(Cl)n1. The van der Waals surface area contributed by atoms with E-state index in [4.69, 9.17) is 16.3 Å². The number of hydrogen-bond donors (Lipinski definition) is 0. The van der Waals surface area contributed by atoms with Crippen LogP contribution in [-0.2, 0) is 10.5 Å². The Labute approximate surface area is 111 Å². The van der Waals surface area contributed by atoms with Gasteiger partial charge in [0.1, 0.15) is 5.82 Å². The summed E-state index contributed by atoms with van der Waals surface area (Å²) >= 11 is 7.69. The first kappa shape index (κ1) is 12.9. The van der Waals surface area contributed by atoms with Crippen LogP contribution in [0.2, 0.25) is 5.28 Å². The first-order valence-corrected chi connectivity index (χ1v) is 7.34. The lowest BCUT2D eigenvalue weighted by Gasteiger charge is -2.34. The molecule has 0 aliphatic carbocycles. The van der Waals surface area contributed by atoms with Crippen LogP contribution in [0.4, 0.5) is 5.82 Å². The summed E-state index contributed by atoms with van der Waals surface area (Å²) in [4.78, 5) is 10.7. The van der Waals surface area contributed by atoms with Crippen LogP contribution in [0.5, 0.6) is 0 Å². The second-order valence-electron chi connectivity index (χ2n) is 4.04. The van der Waals surface area contributed by atoms with Gasteiger partial charge in [0.25, 0.3) is 0 Å². The fraction of sp³-hybridized carbons (Fsp3) is 0.636. The third kappa shape index (κ3) is 3.24. The minimum Gasteiger partial charge on any atom is -0.377 e. The van der Waals surface area contributed by atoms with Crippen LogP contribution in [0, 0.1) is 0 Å². The topological polar surface area (TPSA) is 38.2 Å². The van der Waals surface area contributed by atoms with Crippen LogP contribution in [0.1, 0.15) is 12.6 Å². The highest BCUT2D eigenvalue weighted by atomic mass is 35.5. The van der Waals surface area contributed by atoms with E-state index in [2.05, 4.69) is 21.8 Å². The molecule has 0 aromatic carbocycles. The molecule has 2 rings (SSSR count). The van der Waals surface area contributed by atoms with E-state index in [0.717, 1.165) is 37.0 Å².